The first-order chi connectivity index (χ1) is 14.9. The van der Waals surface area contributed by atoms with Crippen LogP contribution in [0.4, 0.5) is 11.4 Å². The second-order valence-corrected chi connectivity index (χ2v) is 9.97. The molecule has 31 heavy (non-hydrogen) atoms. The van der Waals surface area contributed by atoms with E-state index in [0.717, 1.165) is 10.5 Å². The number of fused-ring (bicyclic) bond motifs is 3. The number of aryl methyl sites for hydroxylation is 1. The average molecular weight is 451 g/mol. The SMILES string of the molecule is Cc1ccc(N2c3ccc(C=C4SC(=S)N(CC(=O)O)C4=O)cc3C3CCCC32)cc1. The highest BCUT2D eigenvalue weighted by Gasteiger charge is 2.42. The lowest BCUT2D eigenvalue weighted by Gasteiger charge is -2.27. The van der Waals surface area contributed by atoms with Gasteiger partial charge in [0.15, 0.2) is 0 Å². The molecular formula is C24H22N2O3S2. The smallest absolute Gasteiger partial charge is 0.323 e. The summed E-state index contributed by atoms with van der Waals surface area (Å²) < 4.78 is 0.293. The summed E-state index contributed by atoms with van der Waals surface area (Å²) in [7, 11) is 0. The maximum absolute atomic E-state index is 12.6. The molecule has 2 aliphatic heterocycles. The number of hydrogen-bond donors (Lipinski definition) is 1. The molecule has 1 amide bonds. The van der Waals surface area contributed by atoms with E-state index in [-0.39, 0.29) is 5.91 Å². The number of benzene rings is 2. The molecule has 1 N–H and O–H groups in total. The summed E-state index contributed by atoms with van der Waals surface area (Å²) in [5.41, 5.74) is 6.00. The highest BCUT2D eigenvalue weighted by molar-refractivity contribution is 8.26. The quantitative estimate of drug-likeness (QED) is 0.518. The van der Waals surface area contributed by atoms with E-state index in [1.54, 1.807) is 0 Å². The first kappa shape index (κ1) is 20.3. The Kier molecular flexibility index (Phi) is 5.10. The van der Waals surface area contributed by atoms with Crippen molar-refractivity contribution in [2.24, 2.45) is 0 Å². The third-order valence-electron chi connectivity index (χ3n) is 6.30. The van der Waals surface area contributed by atoms with Gasteiger partial charge in [0.05, 0.1) is 4.91 Å². The number of thiocarbonyl (C=S) groups is 1. The molecule has 7 heteroatoms. The van der Waals surface area contributed by atoms with E-state index in [1.807, 2.05) is 12.1 Å². The molecule has 5 rings (SSSR count). The van der Waals surface area contributed by atoms with Crippen LogP contribution >= 0.6 is 24.0 Å². The Morgan fingerprint density at radius 3 is 2.74 bits per heavy atom. The van der Waals surface area contributed by atoms with Crippen molar-refractivity contribution in [1.82, 2.24) is 4.90 Å². The number of carboxylic acid groups (broad SMARTS) is 1. The molecule has 2 fully saturated rings. The summed E-state index contributed by atoms with van der Waals surface area (Å²) >= 11 is 6.37. The molecule has 1 saturated heterocycles. The van der Waals surface area contributed by atoms with Crippen molar-refractivity contribution < 1.29 is 14.7 Å². The molecule has 0 spiro atoms. The van der Waals surface area contributed by atoms with E-state index < -0.39 is 12.5 Å². The minimum atomic E-state index is -1.07. The van der Waals surface area contributed by atoms with Crippen molar-refractivity contribution in [3.8, 4) is 0 Å². The highest BCUT2D eigenvalue weighted by atomic mass is 32.2. The molecule has 1 saturated carbocycles. The lowest BCUT2D eigenvalue weighted by atomic mass is 9.96. The monoisotopic (exact) mass is 450 g/mol. The molecule has 1 aliphatic carbocycles. The molecule has 2 heterocycles. The molecule has 5 nitrogen and oxygen atoms in total. The van der Waals surface area contributed by atoms with Gasteiger partial charge in [-0.25, -0.2) is 0 Å². The molecule has 2 aromatic rings. The zero-order chi connectivity index (χ0) is 21.7. The van der Waals surface area contributed by atoms with Crippen LogP contribution in [0.2, 0.25) is 0 Å². The highest BCUT2D eigenvalue weighted by Crippen LogP contribution is 2.52. The molecule has 0 aromatic heterocycles. The summed E-state index contributed by atoms with van der Waals surface area (Å²) in [5.74, 6) is -0.914. The Balaban J connectivity index is 1.48. The molecule has 3 aliphatic rings. The molecule has 2 atom stereocenters. The fraction of sp³-hybridized carbons (Fsp3) is 0.292. The summed E-state index contributed by atoms with van der Waals surface area (Å²) in [6.45, 7) is 1.70. The van der Waals surface area contributed by atoms with Crippen LogP contribution in [0.25, 0.3) is 6.08 Å². The van der Waals surface area contributed by atoms with Crippen molar-refractivity contribution in [3.63, 3.8) is 0 Å². The third-order valence-corrected chi connectivity index (χ3v) is 7.68. The van der Waals surface area contributed by atoms with E-state index >= 15 is 0 Å². The normalized spacial score (nSPS) is 23.6. The Morgan fingerprint density at radius 2 is 2.00 bits per heavy atom. The van der Waals surface area contributed by atoms with Crippen LogP contribution in [-0.4, -0.2) is 38.8 Å². The van der Waals surface area contributed by atoms with E-state index in [1.165, 1.54) is 53.5 Å². The van der Waals surface area contributed by atoms with Crippen molar-refractivity contribution in [2.75, 3.05) is 11.4 Å². The maximum atomic E-state index is 12.6. The van der Waals surface area contributed by atoms with E-state index in [4.69, 9.17) is 17.3 Å². The van der Waals surface area contributed by atoms with Gasteiger partial charge in [-0.15, -0.1) is 0 Å². The fourth-order valence-electron chi connectivity index (χ4n) is 4.93. The van der Waals surface area contributed by atoms with Gasteiger partial charge in [-0.05, 0) is 61.2 Å². The molecular weight excluding hydrogens is 428 g/mol. The van der Waals surface area contributed by atoms with Gasteiger partial charge < -0.3 is 10.0 Å². The first-order valence-electron chi connectivity index (χ1n) is 10.4. The Bertz CT molecular complexity index is 1130. The minimum Gasteiger partial charge on any atom is -0.480 e. The van der Waals surface area contributed by atoms with Crippen LogP contribution in [0, 0.1) is 6.92 Å². The van der Waals surface area contributed by atoms with Crippen LogP contribution in [-0.2, 0) is 9.59 Å². The number of nitrogens with zero attached hydrogens (tertiary/aromatic N) is 2. The lowest BCUT2D eigenvalue weighted by Crippen LogP contribution is -2.33. The summed E-state index contributed by atoms with van der Waals surface area (Å²) in [5, 5.41) is 9.03. The zero-order valence-corrected chi connectivity index (χ0v) is 18.7. The number of carbonyl (C=O) groups excluding carboxylic acids is 1. The van der Waals surface area contributed by atoms with Crippen LogP contribution in [0.3, 0.4) is 0 Å². The van der Waals surface area contributed by atoms with Crippen molar-refractivity contribution in [3.05, 3.63) is 64.1 Å². The number of anilines is 2. The van der Waals surface area contributed by atoms with Gasteiger partial charge in [0.1, 0.15) is 10.9 Å². The Labute approximate surface area is 190 Å². The fourth-order valence-corrected chi connectivity index (χ4v) is 6.18. The molecule has 2 aromatic carbocycles. The average Bonchev–Trinajstić information content (AvgIpc) is 3.39. The standard InChI is InChI=1S/C24H22N2O3S2/c1-14-5-8-16(9-6-14)26-19-4-2-3-17(19)18-11-15(7-10-20(18)26)12-21-23(29)25(13-22(27)28)24(30)31-21/h5-12,17,19H,2-4,13H2,1H3,(H,27,28). The van der Waals surface area contributed by atoms with Crippen LogP contribution < -0.4 is 4.90 Å². The van der Waals surface area contributed by atoms with Gasteiger partial charge in [0, 0.05) is 23.3 Å². The third kappa shape index (κ3) is 3.55. The van der Waals surface area contributed by atoms with E-state index in [2.05, 4.69) is 48.2 Å². The second-order valence-electron chi connectivity index (χ2n) is 8.29. The number of carbonyl (C=O) groups is 2. The van der Waals surface area contributed by atoms with Gasteiger partial charge in [0.25, 0.3) is 5.91 Å². The maximum Gasteiger partial charge on any atom is 0.323 e. The second kappa shape index (κ2) is 7.80. The largest absolute Gasteiger partial charge is 0.480 e. The number of hydrogen-bond acceptors (Lipinski definition) is 5. The predicted octanol–water partition coefficient (Wildman–Crippen LogP) is 5.07. The molecule has 2 unspecified atom stereocenters. The van der Waals surface area contributed by atoms with Crippen molar-refractivity contribution in [1.29, 1.82) is 0 Å². The Morgan fingerprint density at radius 1 is 1.23 bits per heavy atom. The molecule has 0 bridgehead atoms. The number of amides is 1. The topological polar surface area (TPSA) is 60.9 Å². The molecule has 158 valence electrons. The van der Waals surface area contributed by atoms with Gasteiger partial charge in [0.2, 0.25) is 0 Å². The van der Waals surface area contributed by atoms with Crippen molar-refractivity contribution >= 4 is 57.6 Å². The zero-order valence-electron chi connectivity index (χ0n) is 17.1. The van der Waals surface area contributed by atoms with Crippen LogP contribution in [0.1, 0.15) is 41.9 Å². The predicted molar refractivity (Wildman–Crippen MR) is 128 cm³/mol. The number of aliphatic carboxylic acids is 1. The van der Waals surface area contributed by atoms with Gasteiger partial charge in [-0.2, -0.15) is 0 Å². The van der Waals surface area contributed by atoms with E-state index in [0.29, 0.717) is 21.2 Å². The Hall–Kier alpha value is -2.64. The number of carboxylic acids is 1. The first-order valence-corrected chi connectivity index (χ1v) is 11.6. The molecule has 0 radical (unpaired) electrons. The van der Waals surface area contributed by atoms with Crippen LogP contribution in [0.15, 0.2) is 47.4 Å². The minimum absolute atomic E-state index is 0.293. The van der Waals surface area contributed by atoms with Gasteiger partial charge in [-0.1, -0.05) is 54.2 Å². The number of rotatable bonds is 4. The summed E-state index contributed by atoms with van der Waals surface area (Å²) in [4.78, 5) is 27.7. The van der Waals surface area contributed by atoms with Crippen molar-refractivity contribution in [2.45, 2.75) is 38.1 Å². The van der Waals surface area contributed by atoms with Gasteiger partial charge >= 0.3 is 5.97 Å². The summed E-state index contributed by atoms with van der Waals surface area (Å²) in [6.07, 6.45) is 5.40. The summed E-state index contributed by atoms with van der Waals surface area (Å²) in [6, 6.07) is 15.6. The lowest BCUT2D eigenvalue weighted by molar-refractivity contribution is -0.140. The number of thioether (sulfide) groups is 1. The van der Waals surface area contributed by atoms with Crippen LogP contribution in [0.5, 0.6) is 0 Å². The van der Waals surface area contributed by atoms with Gasteiger partial charge in [-0.3, -0.25) is 14.5 Å². The van der Waals surface area contributed by atoms with E-state index in [9.17, 15) is 9.59 Å².